The van der Waals surface area contributed by atoms with Crippen LogP contribution in [0.3, 0.4) is 0 Å². The molecule has 0 atom stereocenters. The Bertz CT molecular complexity index is 742. The summed E-state index contributed by atoms with van der Waals surface area (Å²) in [4.78, 5) is 16.2. The van der Waals surface area contributed by atoms with E-state index in [0.29, 0.717) is 5.82 Å². The van der Waals surface area contributed by atoms with Gasteiger partial charge in [0, 0.05) is 12.5 Å². The van der Waals surface area contributed by atoms with Gasteiger partial charge in [-0.05, 0) is 49.1 Å². The largest absolute Gasteiger partial charge is 0.493 e. The Morgan fingerprint density at radius 1 is 1.15 bits per heavy atom. The van der Waals surface area contributed by atoms with Crippen molar-refractivity contribution in [1.29, 1.82) is 0 Å². The van der Waals surface area contributed by atoms with Gasteiger partial charge >= 0.3 is 0 Å². The number of ether oxygens (including phenoxy) is 2. The lowest BCUT2D eigenvalue weighted by molar-refractivity contribution is -0.122. The maximum atomic E-state index is 11.9. The zero-order valence-electron chi connectivity index (χ0n) is 15.2. The first-order valence-electron chi connectivity index (χ1n) is 8.91. The lowest BCUT2D eigenvalue weighted by Gasteiger charge is -2.23. The topological polar surface area (TPSA) is 72.5 Å². The molecule has 1 fully saturated rings. The molecule has 0 spiro atoms. The molecule has 6 nitrogen and oxygen atoms in total. The second kappa shape index (κ2) is 8.56. The van der Waals surface area contributed by atoms with Gasteiger partial charge in [-0.3, -0.25) is 4.79 Å². The van der Waals surface area contributed by atoms with Gasteiger partial charge in [-0.25, -0.2) is 4.98 Å². The van der Waals surface area contributed by atoms with Crippen LogP contribution in [0.2, 0.25) is 0 Å². The first-order valence-corrected chi connectivity index (χ1v) is 8.91. The molecule has 0 radical (unpaired) electrons. The highest BCUT2D eigenvalue weighted by molar-refractivity contribution is 5.92. The highest BCUT2D eigenvalue weighted by Crippen LogP contribution is 2.28. The van der Waals surface area contributed by atoms with Gasteiger partial charge in [0.25, 0.3) is 0 Å². The van der Waals surface area contributed by atoms with Gasteiger partial charge < -0.3 is 20.1 Å². The molecule has 1 aromatic heterocycles. The number of carbonyl (C=O) groups is 1. The number of carbonyl (C=O) groups excluding carboxylic acids is 1. The zero-order chi connectivity index (χ0) is 18.4. The Balaban J connectivity index is 1.48. The summed E-state index contributed by atoms with van der Waals surface area (Å²) in [6, 6.07) is 9.68. The number of benzene rings is 1. The van der Waals surface area contributed by atoms with Gasteiger partial charge in [-0.2, -0.15) is 0 Å². The lowest BCUT2D eigenvalue weighted by Crippen LogP contribution is -2.28. The van der Waals surface area contributed by atoms with E-state index < -0.39 is 0 Å². The Morgan fingerprint density at radius 3 is 2.58 bits per heavy atom. The first kappa shape index (κ1) is 18.0. The van der Waals surface area contributed by atoms with E-state index in [1.807, 2.05) is 30.3 Å². The van der Waals surface area contributed by atoms with E-state index >= 15 is 0 Å². The highest BCUT2D eigenvalue weighted by atomic mass is 16.5. The number of hydrogen-bond donors (Lipinski definition) is 2. The molecule has 0 bridgehead atoms. The summed E-state index contributed by atoms with van der Waals surface area (Å²) >= 11 is 0. The van der Waals surface area contributed by atoms with E-state index in [-0.39, 0.29) is 11.8 Å². The summed E-state index contributed by atoms with van der Waals surface area (Å²) in [5.74, 6) is 2.31. The second-order valence-electron chi connectivity index (χ2n) is 6.42. The van der Waals surface area contributed by atoms with E-state index in [1.165, 1.54) is 0 Å². The molecule has 138 valence electrons. The van der Waals surface area contributed by atoms with Crippen LogP contribution >= 0.6 is 0 Å². The third-order valence-corrected chi connectivity index (χ3v) is 4.68. The second-order valence-corrected chi connectivity index (χ2v) is 6.42. The molecule has 1 heterocycles. The minimum Gasteiger partial charge on any atom is -0.493 e. The Labute approximate surface area is 153 Å². The molecule has 6 heteroatoms. The maximum absolute atomic E-state index is 11.9. The number of nitrogens with zero attached hydrogens (tertiary/aromatic N) is 1. The molecular formula is C20H25N3O3. The fourth-order valence-corrected chi connectivity index (χ4v) is 2.86. The van der Waals surface area contributed by atoms with Crippen molar-refractivity contribution in [2.24, 2.45) is 5.92 Å². The number of anilines is 2. The van der Waals surface area contributed by atoms with Crippen LogP contribution in [0, 0.1) is 5.92 Å². The van der Waals surface area contributed by atoms with Crippen molar-refractivity contribution >= 4 is 17.4 Å². The molecule has 3 rings (SSSR count). The Hall–Kier alpha value is -2.76. The standard InChI is InChI=1S/C20H25N3O3/c1-25-17-8-6-14(12-18(17)26-2)10-11-21-16-7-9-19(22-13-16)23-20(24)15-4-3-5-15/h6-9,12-13,15,21H,3-5,10-11H2,1-2H3,(H,22,23,24). The molecular weight excluding hydrogens is 330 g/mol. The fraction of sp³-hybridized carbons (Fsp3) is 0.400. The molecule has 1 amide bonds. The summed E-state index contributed by atoms with van der Waals surface area (Å²) in [6.07, 6.45) is 5.71. The van der Waals surface area contributed by atoms with Gasteiger partial charge in [0.2, 0.25) is 5.91 Å². The third kappa shape index (κ3) is 4.45. The van der Waals surface area contributed by atoms with Crippen molar-refractivity contribution in [3.8, 4) is 11.5 Å². The quantitative estimate of drug-likeness (QED) is 0.758. The van der Waals surface area contributed by atoms with E-state index in [9.17, 15) is 4.79 Å². The smallest absolute Gasteiger partial charge is 0.228 e. The molecule has 1 saturated carbocycles. The van der Waals surface area contributed by atoms with Crippen LogP contribution in [-0.2, 0) is 11.2 Å². The molecule has 1 aliphatic rings. The van der Waals surface area contributed by atoms with Crippen molar-refractivity contribution in [2.75, 3.05) is 31.4 Å². The lowest BCUT2D eigenvalue weighted by atomic mass is 9.85. The van der Waals surface area contributed by atoms with Gasteiger partial charge in [0.1, 0.15) is 5.82 Å². The Morgan fingerprint density at radius 2 is 1.96 bits per heavy atom. The van der Waals surface area contributed by atoms with Crippen molar-refractivity contribution in [1.82, 2.24) is 4.98 Å². The van der Waals surface area contributed by atoms with Crippen LogP contribution < -0.4 is 20.1 Å². The first-order chi connectivity index (χ1) is 12.7. The summed E-state index contributed by atoms with van der Waals surface area (Å²) in [5.41, 5.74) is 2.08. The molecule has 1 aromatic carbocycles. The number of amides is 1. The van der Waals surface area contributed by atoms with Crippen LogP contribution in [0.4, 0.5) is 11.5 Å². The van der Waals surface area contributed by atoms with E-state index in [2.05, 4.69) is 15.6 Å². The minimum atomic E-state index is 0.0814. The fourth-order valence-electron chi connectivity index (χ4n) is 2.86. The number of rotatable bonds is 8. The van der Waals surface area contributed by atoms with Gasteiger partial charge in [0.15, 0.2) is 11.5 Å². The van der Waals surface area contributed by atoms with Crippen molar-refractivity contribution in [2.45, 2.75) is 25.7 Å². The van der Waals surface area contributed by atoms with Crippen LogP contribution in [0.1, 0.15) is 24.8 Å². The number of hydrogen-bond acceptors (Lipinski definition) is 5. The minimum absolute atomic E-state index is 0.0814. The van der Waals surface area contributed by atoms with Crippen LogP contribution in [0.15, 0.2) is 36.5 Å². The third-order valence-electron chi connectivity index (χ3n) is 4.68. The van der Waals surface area contributed by atoms with Crippen molar-refractivity contribution in [3.05, 3.63) is 42.1 Å². The molecule has 2 N–H and O–H groups in total. The molecule has 2 aromatic rings. The summed E-state index contributed by atoms with van der Waals surface area (Å²) in [7, 11) is 3.27. The van der Waals surface area contributed by atoms with E-state index in [4.69, 9.17) is 9.47 Å². The SMILES string of the molecule is COc1ccc(CCNc2ccc(NC(=O)C3CCC3)nc2)cc1OC. The summed E-state index contributed by atoms with van der Waals surface area (Å²) in [5, 5.41) is 6.21. The number of methoxy groups -OCH3 is 2. The molecule has 0 saturated heterocycles. The molecule has 1 aliphatic carbocycles. The van der Waals surface area contributed by atoms with Gasteiger partial charge in [0.05, 0.1) is 26.1 Å². The van der Waals surface area contributed by atoms with Crippen LogP contribution in [-0.4, -0.2) is 31.7 Å². The average molecular weight is 355 g/mol. The Kier molecular flexibility index (Phi) is 5.94. The van der Waals surface area contributed by atoms with Crippen molar-refractivity contribution in [3.63, 3.8) is 0 Å². The van der Waals surface area contributed by atoms with Gasteiger partial charge in [-0.15, -0.1) is 0 Å². The monoisotopic (exact) mass is 355 g/mol. The highest BCUT2D eigenvalue weighted by Gasteiger charge is 2.25. The molecule has 26 heavy (non-hydrogen) atoms. The molecule has 0 aliphatic heterocycles. The van der Waals surface area contributed by atoms with E-state index in [0.717, 1.165) is 55.0 Å². The molecule has 0 unspecified atom stereocenters. The predicted octanol–water partition coefficient (Wildman–Crippen LogP) is 3.49. The number of pyridine rings is 1. The van der Waals surface area contributed by atoms with Gasteiger partial charge in [-0.1, -0.05) is 12.5 Å². The summed E-state index contributed by atoms with van der Waals surface area (Å²) < 4.78 is 10.6. The van der Waals surface area contributed by atoms with E-state index in [1.54, 1.807) is 20.4 Å². The van der Waals surface area contributed by atoms with Crippen LogP contribution in [0.5, 0.6) is 11.5 Å². The normalized spacial score (nSPS) is 13.6. The number of nitrogens with one attached hydrogen (secondary N) is 2. The maximum Gasteiger partial charge on any atom is 0.228 e. The van der Waals surface area contributed by atoms with Crippen LogP contribution in [0.25, 0.3) is 0 Å². The summed E-state index contributed by atoms with van der Waals surface area (Å²) in [6.45, 7) is 0.769. The number of aromatic nitrogens is 1. The van der Waals surface area contributed by atoms with Crippen molar-refractivity contribution < 1.29 is 14.3 Å². The average Bonchev–Trinajstić information content (AvgIpc) is 2.61. The predicted molar refractivity (Wildman–Crippen MR) is 102 cm³/mol. The zero-order valence-corrected chi connectivity index (χ0v) is 15.2.